The van der Waals surface area contributed by atoms with E-state index >= 15 is 0 Å². The average molecular weight is 355 g/mol. The second-order valence-corrected chi connectivity index (χ2v) is 6.80. The summed E-state index contributed by atoms with van der Waals surface area (Å²) in [4.78, 5) is 12.5. The molecule has 0 atom stereocenters. The molecule has 1 saturated carbocycles. The monoisotopic (exact) mass is 354 g/mol. The maximum atomic E-state index is 11.4. The highest BCUT2D eigenvalue weighted by Crippen LogP contribution is 2.31. The molecule has 0 spiro atoms. The Balaban J connectivity index is 1.84. The molecule has 106 valence electrons. The van der Waals surface area contributed by atoms with E-state index in [1.165, 1.54) is 34.7 Å². The fourth-order valence-electron chi connectivity index (χ4n) is 1.83. The van der Waals surface area contributed by atoms with Crippen LogP contribution in [0.3, 0.4) is 0 Å². The predicted molar refractivity (Wildman–Crippen MR) is 82.0 cm³/mol. The lowest BCUT2D eigenvalue weighted by molar-refractivity contribution is 0.680. The maximum Gasteiger partial charge on any atom is 0.343 e. The van der Waals surface area contributed by atoms with Crippen molar-refractivity contribution in [2.24, 2.45) is 7.05 Å². The number of nitrogens with one attached hydrogen (secondary N) is 2. The van der Waals surface area contributed by atoms with Gasteiger partial charge in [0.2, 0.25) is 0 Å². The predicted octanol–water partition coefficient (Wildman–Crippen LogP) is 2.27. The summed E-state index contributed by atoms with van der Waals surface area (Å²) < 4.78 is 2.54. The van der Waals surface area contributed by atoms with Crippen LogP contribution in [0.15, 0.2) is 37.5 Å². The fraction of sp³-hybridized carbons (Fsp3) is 0.385. The van der Waals surface area contributed by atoms with Gasteiger partial charge >= 0.3 is 5.69 Å². The quantitative estimate of drug-likeness (QED) is 0.864. The van der Waals surface area contributed by atoms with Gasteiger partial charge in [-0.05, 0) is 42.3 Å². The molecule has 0 saturated heterocycles. The summed E-state index contributed by atoms with van der Waals surface area (Å²) in [6.07, 6.45) is 2.54. The van der Waals surface area contributed by atoms with Crippen LogP contribution in [0.5, 0.6) is 0 Å². The molecule has 2 aromatic rings. The van der Waals surface area contributed by atoms with E-state index in [1.54, 1.807) is 7.05 Å². The molecule has 1 aromatic heterocycles. The van der Waals surface area contributed by atoms with Gasteiger partial charge in [0.1, 0.15) is 0 Å². The number of H-pyrrole nitrogens is 1. The van der Waals surface area contributed by atoms with Gasteiger partial charge in [0.15, 0.2) is 5.16 Å². The van der Waals surface area contributed by atoms with E-state index < -0.39 is 0 Å². The molecule has 0 radical (unpaired) electrons. The lowest BCUT2D eigenvalue weighted by atomic mass is 10.2. The summed E-state index contributed by atoms with van der Waals surface area (Å²) in [6.45, 7) is 0.846. The van der Waals surface area contributed by atoms with Gasteiger partial charge in [-0.1, -0.05) is 22.0 Å². The molecule has 1 fully saturated rings. The molecule has 1 heterocycles. The van der Waals surface area contributed by atoms with Crippen LogP contribution in [0.4, 0.5) is 0 Å². The molecule has 0 unspecified atom stereocenters. The second-order valence-electron chi connectivity index (χ2n) is 4.88. The van der Waals surface area contributed by atoms with Crippen molar-refractivity contribution in [2.45, 2.75) is 35.5 Å². The SMILES string of the molecule is Cn1c(Sc2cc(Br)ccc2CNC2CC2)n[nH]c1=O. The Hall–Kier alpha value is -1.05. The topological polar surface area (TPSA) is 62.7 Å². The number of hydrogen-bond donors (Lipinski definition) is 2. The Labute approximate surface area is 129 Å². The van der Waals surface area contributed by atoms with Crippen molar-refractivity contribution in [3.05, 3.63) is 38.7 Å². The molecule has 1 aliphatic carbocycles. The van der Waals surface area contributed by atoms with Crippen LogP contribution in [0.1, 0.15) is 18.4 Å². The van der Waals surface area contributed by atoms with Crippen molar-refractivity contribution in [3.8, 4) is 0 Å². The first-order chi connectivity index (χ1) is 9.63. The van der Waals surface area contributed by atoms with E-state index in [4.69, 9.17) is 0 Å². The highest BCUT2D eigenvalue weighted by Gasteiger charge is 2.20. The molecule has 5 nitrogen and oxygen atoms in total. The molecule has 7 heteroatoms. The molecule has 1 aliphatic rings. The largest absolute Gasteiger partial charge is 0.343 e. The third-order valence-corrected chi connectivity index (χ3v) is 4.87. The van der Waals surface area contributed by atoms with Gasteiger partial charge in [-0.25, -0.2) is 9.89 Å². The summed E-state index contributed by atoms with van der Waals surface area (Å²) in [5, 5.41) is 10.7. The third kappa shape index (κ3) is 3.16. The summed E-state index contributed by atoms with van der Waals surface area (Å²) in [5.74, 6) is 0. The minimum atomic E-state index is -0.194. The van der Waals surface area contributed by atoms with E-state index in [2.05, 4.69) is 43.6 Å². The highest BCUT2D eigenvalue weighted by atomic mass is 79.9. The Morgan fingerprint density at radius 2 is 2.35 bits per heavy atom. The van der Waals surface area contributed by atoms with Gasteiger partial charge in [0.25, 0.3) is 0 Å². The highest BCUT2D eigenvalue weighted by molar-refractivity contribution is 9.10. The molecule has 1 aromatic carbocycles. The van der Waals surface area contributed by atoms with Gasteiger partial charge in [0.05, 0.1) is 0 Å². The smallest absolute Gasteiger partial charge is 0.310 e. The zero-order valence-electron chi connectivity index (χ0n) is 11.0. The molecule has 0 bridgehead atoms. The van der Waals surface area contributed by atoms with E-state index in [-0.39, 0.29) is 5.69 Å². The van der Waals surface area contributed by atoms with Crippen LogP contribution < -0.4 is 11.0 Å². The molecule has 0 amide bonds. The van der Waals surface area contributed by atoms with Crippen molar-refractivity contribution < 1.29 is 0 Å². The zero-order chi connectivity index (χ0) is 14.1. The van der Waals surface area contributed by atoms with Crippen LogP contribution in [-0.4, -0.2) is 20.8 Å². The van der Waals surface area contributed by atoms with Crippen LogP contribution in [-0.2, 0) is 13.6 Å². The Bertz CT molecular complexity index is 677. The van der Waals surface area contributed by atoms with Crippen LogP contribution >= 0.6 is 27.7 Å². The number of benzene rings is 1. The lowest BCUT2D eigenvalue weighted by Crippen LogP contribution is -2.16. The lowest BCUT2D eigenvalue weighted by Gasteiger charge is -2.10. The van der Waals surface area contributed by atoms with E-state index in [0.29, 0.717) is 11.2 Å². The van der Waals surface area contributed by atoms with E-state index in [0.717, 1.165) is 15.9 Å². The number of hydrogen-bond acceptors (Lipinski definition) is 4. The molecular formula is C13H15BrN4OS. The van der Waals surface area contributed by atoms with Crippen LogP contribution in [0, 0.1) is 0 Å². The average Bonchev–Trinajstić information content (AvgIpc) is 3.20. The summed E-state index contributed by atoms with van der Waals surface area (Å²) >= 11 is 4.99. The van der Waals surface area contributed by atoms with Gasteiger partial charge in [-0.15, -0.1) is 5.10 Å². The Morgan fingerprint density at radius 3 is 3.00 bits per heavy atom. The number of aromatic amines is 1. The van der Waals surface area contributed by atoms with Gasteiger partial charge in [-0.3, -0.25) is 4.57 Å². The van der Waals surface area contributed by atoms with Crippen molar-refractivity contribution >= 4 is 27.7 Å². The van der Waals surface area contributed by atoms with Crippen molar-refractivity contribution in [1.82, 2.24) is 20.1 Å². The minimum Gasteiger partial charge on any atom is -0.310 e. The first kappa shape index (κ1) is 13.9. The maximum absolute atomic E-state index is 11.4. The van der Waals surface area contributed by atoms with E-state index in [9.17, 15) is 4.79 Å². The standard InChI is InChI=1S/C13H15BrN4OS/c1-18-12(19)16-17-13(18)20-11-6-9(14)3-2-8(11)7-15-10-4-5-10/h2-3,6,10,15H,4-5,7H2,1H3,(H,16,19). The fourth-order valence-corrected chi connectivity index (χ4v) is 3.31. The van der Waals surface area contributed by atoms with Gasteiger partial charge in [0, 0.05) is 29.0 Å². The van der Waals surface area contributed by atoms with Gasteiger partial charge in [-0.2, -0.15) is 0 Å². The van der Waals surface area contributed by atoms with Gasteiger partial charge < -0.3 is 5.32 Å². The molecule has 20 heavy (non-hydrogen) atoms. The van der Waals surface area contributed by atoms with Crippen molar-refractivity contribution in [2.75, 3.05) is 0 Å². The first-order valence-electron chi connectivity index (χ1n) is 6.44. The van der Waals surface area contributed by atoms with Crippen molar-refractivity contribution in [3.63, 3.8) is 0 Å². The summed E-state index contributed by atoms with van der Waals surface area (Å²) in [5.41, 5.74) is 1.03. The molecule has 3 rings (SSSR count). The second kappa shape index (κ2) is 5.75. The van der Waals surface area contributed by atoms with Crippen LogP contribution in [0.2, 0.25) is 0 Å². The van der Waals surface area contributed by atoms with Crippen LogP contribution in [0.25, 0.3) is 0 Å². The Kier molecular flexibility index (Phi) is 4.00. The minimum absolute atomic E-state index is 0.194. The molecule has 0 aliphatic heterocycles. The normalized spacial score (nSPS) is 14.7. The Morgan fingerprint density at radius 1 is 1.55 bits per heavy atom. The summed E-state index contributed by atoms with van der Waals surface area (Å²) in [6, 6.07) is 6.88. The first-order valence-corrected chi connectivity index (χ1v) is 8.05. The number of nitrogens with zero attached hydrogens (tertiary/aromatic N) is 2. The van der Waals surface area contributed by atoms with Crippen molar-refractivity contribution in [1.29, 1.82) is 0 Å². The molecular weight excluding hydrogens is 340 g/mol. The number of halogens is 1. The summed E-state index contributed by atoms with van der Waals surface area (Å²) in [7, 11) is 1.72. The number of aromatic nitrogens is 3. The zero-order valence-corrected chi connectivity index (χ0v) is 13.4. The van der Waals surface area contributed by atoms with E-state index in [1.807, 2.05) is 6.07 Å². The molecule has 2 N–H and O–H groups in total. The third-order valence-electron chi connectivity index (χ3n) is 3.23. The number of rotatable bonds is 5.